The molecule has 1 nitrogen and oxygen atoms in total. The van der Waals surface area contributed by atoms with E-state index in [-0.39, 0.29) is 11.5 Å². The Bertz CT molecular complexity index is 200. The third-order valence-electron chi connectivity index (χ3n) is 3.61. The molecule has 0 unspecified atom stereocenters. The van der Waals surface area contributed by atoms with E-state index in [4.69, 9.17) is 0 Å². The van der Waals surface area contributed by atoms with Crippen LogP contribution in [0.4, 0.5) is 0 Å². The van der Waals surface area contributed by atoms with Crippen LogP contribution in [0.2, 0.25) is 0 Å². The summed E-state index contributed by atoms with van der Waals surface area (Å²) >= 11 is 0. The van der Waals surface area contributed by atoms with Crippen LogP contribution in [0.5, 0.6) is 0 Å². The SMILES string of the molecule is C[C@H]([C@H](O)[C@@H]1C=CCCC1)C(C)(C)C. The van der Waals surface area contributed by atoms with Crippen molar-refractivity contribution in [3.05, 3.63) is 12.2 Å². The van der Waals surface area contributed by atoms with Crippen molar-refractivity contribution in [1.82, 2.24) is 0 Å². The van der Waals surface area contributed by atoms with E-state index < -0.39 is 0 Å². The van der Waals surface area contributed by atoms with Gasteiger partial charge in [-0.3, -0.25) is 0 Å². The molecule has 1 rings (SSSR count). The van der Waals surface area contributed by atoms with Gasteiger partial charge < -0.3 is 5.11 Å². The molecule has 1 N–H and O–H groups in total. The molecule has 0 heterocycles. The van der Waals surface area contributed by atoms with Gasteiger partial charge in [-0.2, -0.15) is 0 Å². The van der Waals surface area contributed by atoms with Crippen LogP contribution >= 0.6 is 0 Å². The quantitative estimate of drug-likeness (QED) is 0.671. The van der Waals surface area contributed by atoms with Gasteiger partial charge in [0.05, 0.1) is 6.10 Å². The molecule has 1 aliphatic rings. The largest absolute Gasteiger partial charge is 0.392 e. The molecule has 0 amide bonds. The lowest BCUT2D eigenvalue weighted by atomic mass is 9.73. The number of hydrogen-bond donors (Lipinski definition) is 1. The monoisotopic (exact) mass is 196 g/mol. The minimum absolute atomic E-state index is 0.174. The summed E-state index contributed by atoms with van der Waals surface area (Å²) in [5.41, 5.74) is 0.199. The second kappa shape index (κ2) is 4.48. The normalized spacial score (nSPS) is 27.4. The molecule has 0 saturated heterocycles. The lowest BCUT2D eigenvalue weighted by molar-refractivity contribution is 0.0198. The van der Waals surface area contributed by atoms with Crippen molar-refractivity contribution in [2.75, 3.05) is 0 Å². The molecular formula is C13H24O. The molecule has 0 aliphatic heterocycles. The Balaban J connectivity index is 2.59. The lowest BCUT2D eigenvalue weighted by Crippen LogP contribution is -2.35. The Morgan fingerprint density at radius 1 is 1.36 bits per heavy atom. The van der Waals surface area contributed by atoms with Gasteiger partial charge >= 0.3 is 0 Å². The van der Waals surface area contributed by atoms with Gasteiger partial charge in [-0.05, 0) is 30.6 Å². The summed E-state index contributed by atoms with van der Waals surface area (Å²) in [6, 6.07) is 0. The van der Waals surface area contributed by atoms with E-state index in [0.29, 0.717) is 11.8 Å². The zero-order valence-corrected chi connectivity index (χ0v) is 9.96. The Hall–Kier alpha value is -0.300. The Morgan fingerprint density at radius 2 is 2.00 bits per heavy atom. The molecule has 0 spiro atoms. The fraction of sp³-hybridized carbons (Fsp3) is 0.846. The molecule has 1 heteroatoms. The van der Waals surface area contributed by atoms with E-state index >= 15 is 0 Å². The summed E-state index contributed by atoms with van der Waals surface area (Å²) in [5.74, 6) is 0.744. The van der Waals surface area contributed by atoms with Crippen LogP contribution in [-0.4, -0.2) is 11.2 Å². The molecule has 14 heavy (non-hydrogen) atoms. The van der Waals surface area contributed by atoms with Gasteiger partial charge in [0, 0.05) is 5.92 Å². The van der Waals surface area contributed by atoms with E-state index in [1.54, 1.807) is 0 Å². The minimum Gasteiger partial charge on any atom is -0.392 e. The highest BCUT2D eigenvalue weighted by Gasteiger charge is 2.31. The van der Waals surface area contributed by atoms with E-state index in [1.165, 1.54) is 12.8 Å². The first-order valence-electron chi connectivity index (χ1n) is 5.77. The van der Waals surface area contributed by atoms with Crippen LogP contribution < -0.4 is 0 Å². The van der Waals surface area contributed by atoms with Crippen LogP contribution in [0.3, 0.4) is 0 Å². The average Bonchev–Trinajstić information content (AvgIpc) is 2.15. The molecule has 0 aromatic rings. The summed E-state index contributed by atoms with van der Waals surface area (Å²) in [5, 5.41) is 10.2. The third kappa shape index (κ3) is 2.84. The average molecular weight is 196 g/mol. The minimum atomic E-state index is -0.174. The predicted molar refractivity (Wildman–Crippen MR) is 61.1 cm³/mol. The molecule has 0 aromatic heterocycles. The third-order valence-corrected chi connectivity index (χ3v) is 3.61. The van der Waals surface area contributed by atoms with Gasteiger partial charge in [-0.15, -0.1) is 0 Å². The molecule has 0 saturated carbocycles. The zero-order chi connectivity index (χ0) is 10.8. The maximum Gasteiger partial charge on any atom is 0.0633 e. The highest BCUT2D eigenvalue weighted by molar-refractivity contribution is 4.98. The highest BCUT2D eigenvalue weighted by Crippen LogP contribution is 2.34. The summed E-state index contributed by atoms with van der Waals surface area (Å²) < 4.78 is 0. The number of allylic oxidation sites excluding steroid dienone is 1. The summed E-state index contributed by atoms with van der Waals surface area (Å²) in [4.78, 5) is 0. The second-order valence-electron chi connectivity index (χ2n) is 5.67. The molecule has 3 atom stereocenters. The van der Waals surface area contributed by atoms with Gasteiger partial charge in [0.15, 0.2) is 0 Å². The molecule has 1 aliphatic carbocycles. The topological polar surface area (TPSA) is 20.2 Å². The van der Waals surface area contributed by atoms with Gasteiger partial charge in [-0.25, -0.2) is 0 Å². The fourth-order valence-corrected chi connectivity index (χ4v) is 2.01. The van der Waals surface area contributed by atoms with E-state index in [9.17, 15) is 5.11 Å². The summed E-state index contributed by atoms with van der Waals surface area (Å²) in [7, 11) is 0. The molecule has 82 valence electrons. The van der Waals surface area contributed by atoms with Crippen molar-refractivity contribution >= 4 is 0 Å². The Kier molecular flexibility index (Phi) is 3.77. The van der Waals surface area contributed by atoms with Gasteiger partial charge in [0.25, 0.3) is 0 Å². The van der Waals surface area contributed by atoms with Crippen molar-refractivity contribution in [3.63, 3.8) is 0 Å². The molecular weight excluding hydrogens is 172 g/mol. The number of hydrogen-bond acceptors (Lipinski definition) is 1. The smallest absolute Gasteiger partial charge is 0.0633 e. The molecule has 0 bridgehead atoms. The van der Waals surface area contributed by atoms with Crippen molar-refractivity contribution in [3.8, 4) is 0 Å². The van der Waals surface area contributed by atoms with Crippen molar-refractivity contribution in [1.29, 1.82) is 0 Å². The van der Waals surface area contributed by atoms with Crippen molar-refractivity contribution in [2.45, 2.75) is 53.1 Å². The Morgan fingerprint density at radius 3 is 2.43 bits per heavy atom. The van der Waals surface area contributed by atoms with Crippen LogP contribution in [0.15, 0.2) is 12.2 Å². The standard InChI is InChI=1S/C13H24O/c1-10(13(2,3)4)12(14)11-8-6-5-7-9-11/h6,8,10-12,14H,5,7,9H2,1-4H3/t10-,11-,12+/m1/s1. The number of rotatable bonds is 2. The van der Waals surface area contributed by atoms with Crippen LogP contribution in [0.1, 0.15) is 47.0 Å². The molecule has 0 aromatic carbocycles. The highest BCUT2D eigenvalue weighted by atomic mass is 16.3. The summed E-state index contributed by atoms with van der Waals surface area (Å²) in [6.45, 7) is 8.77. The molecule has 0 radical (unpaired) electrons. The van der Waals surface area contributed by atoms with Gasteiger partial charge in [-0.1, -0.05) is 39.8 Å². The van der Waals surface area contributed by atoms with E-state index in [0.717, 1.165) is 6.42 Å². The maximum absolute atomic E-state index is 10.2. The Labute approximate surface area is 88.2 Å². The van der Waals surface area contributed by atoms with E-state index in [1.807, 2.05) is 0 Å². The van der Waals surface area contributed by atoms with Crippen molar-refractivity contribution in [2.24, 2.45) is 17.3 Å². The first-order valence-corrected chi connectivity index (χ1v) is 5.77. The van der Waals surface area contributed by atoms with E-state index in [2.05, 4.69) is 39.8 Å². The zero-order valence-electron chi connectivity index (χ0n) is 9.96. The van der Waals surface area contributed by atoms with Crippen LogP contribution in [0.25, 0.3) is 0 Å². The number of aliphatic hydroxyl groups excluding tert-OH is 1. The van der Waals surface area contributed by atoms with Gasteiger partial charge in [0.2, 0.25) is 0 Å². The van der Waals surface area contributed by atoms with Crippen LogP contribution in [-0.2, 0) is 0 Å². The first-order chi connectivity index (χ1) is 6.43. The fourth-order valence-electron chi connectivity index (χ4n) is 2.01. The summed E-state index contributed by atoms with van der Waals surface area (Å²) in [6.07, 6.45) is 7.82. The lowest BCUT2D eigenvalue weighted by Gasteiger charge is -2.35. The predicted octanol–water partition coefficient (Wildman–Crippen LogP) is 3.39. The maximum atomic E-state index is 10.2. The number of aliphatic hydroxyl groups is 1. The first kappa shape index (κ1) is 11.8. The van der Waals surface area contributed by atoms with Crippen LogP contribution in [0, 0.1) is 17.3 Å². The van der Waals surface area contributed by atoms with Crippen molar-refractivity contribution < 1.29 is 5.11 Å². The van der Waals surface area contributed by atoms with Gasteiger partial charge in [0.1, 0.15) is 0 Å². The second-order valence-corrected chi connectivity index (χ2v) is 5.67. The molecule has 0 fully saturated rings.